The van der Waals surface area contributed by atoms with E-state index in [0.717, 1.165) is 43.8 Å². The van der Waals surface area contributed by atoms with Crippen molar-refractivity contribution in [1.29, 1.82) is 0 Å². The van der Waals surface area contributed by atoms with Gasteiger partial charge in [-0.2, -0.15) is 0 Å². The largest absolute Gasteiger partial charge is 0.497 e. The highest BCUT2D eigenvalue weighted by molar-refractivity contribution is 5.78. The molecule has 2 atom stereocenters. The third kappa shape index (κ3) is 4.84. The molecule has 1 amide bonds. The molecule has 0 radical (unpaired) electrons. The Morgan fingerprint density at radius 2 is 1.67 bits per heavy atom. The van der Waals surface area contributed by atoms with Crippen molar-refractivity contribution >= 4 is 5.91 Å². The predicted octanol–water partition coefficient (Wildman–Crippen LogP) is 4.49. The van der Waals surface area contributed by atoms with Crippen LogP contribution in [-0.2, 0) is 21.5 Å². The summed E-state index contributed by atoms with van der Waals surface area (Å²) in [6, 6.07) is 26.0. The summed E-state index contributed by atoms with van der Waals surface area (Å²) in [6.07, 6.45) is 1.81. The maximum Gasteiger partial charge on any atom is 0.258 e. The Hall–Kier alpha value is -3.35. The van der Waals surface area contributed by atoms with Crippen molar-refractivity contribution in [3.05, 3.63) is 95.6 Å². The Morgan fingerprint density at radius 3 is 2.42 bits per heavy atom. The fourth-order valence-electron chi connectivity index (χ4n) is 5.95. The molecule has 3 aromatic rings. The van der Waals surface area contributed by atoms with Crippen molar-refractivity contribution in [3.8, 4) is 11.5 Å². The Balaban J connectivity index is 1.29. The smallest absolute Gasteiger partial charge is 0.258 e. The number of likely N-dealkylation sites (tertiary alicyclic amines) is 1. The van der Waals surface area contributed by atoms with Crippen molar-refractivity contribution in [2.45, 2.75) is 36.9 Å². The maximum absolute atomic E-state index is 12.9. The molecule has 5 rings (SSSR count). The zero-order chi connectivity index (χ0) is 25.0. The number of ether oxygens (including phenoxy) is 3. The topological polar surface area (TPSA) is 60.0 Å². The number of para-hydroxylation sites is 1. The van der Waals surface area contributed by atoms with Gasteiger partial charge >= 0.3 is 0 Å². The van der Waals surface area contributed by atoms with Crippen LogP contribution in [0.1, 0.15) is 35.6 Å². The molecule has 0 saturated carbocycles. The van der Waals surface area contributed by atoms with Crippen LogP contribution in [-0.4, -0.2) is 50.8 Å². The molecular formula is C30H34N2O4. The summed E-state index contributed by atoms with van der Waals surface area (Å²) in [5.74, 6) is 1.43. The lowest BCUT2D eigenvalue weighted by molar-refractivity contribution is -0.125. The molecule has 2 aliphatic rings. The highest BCUT2D eigenvalue weighted by Crippen LogP contribution is 2.52. The molecule has 0 unspecified atom stereocenters. The molecule has 1 saturated heterocycles. The van der Waals surface area contributed by atoms with Gasteiger partial charge in [-0.05, 0) is 66.9 Å². The van der Waals surface area contributed by atoms with Gasteiger partial charge in [-0.3, -0.25) is 9.69 Å². The van der Waals surface area contributed by atoms with Crippen LogP contribution in [0.5, 0.6) is 11.5 Å². The highest BCUT2D eigenvalue weighted by Gasteiger charge is 2.53. The molecular weight excluding hydrogens is 452 g/mol. The van der Waals surface area contributed by atoms with Crippen LogP contribution in [0.3, 0.4) is 0 Å². The molecule has 188 valence electrons. The summed E-state index contributed by atoms with van der Waals surface area (Å²) in [4.78, 5) is 15.4. The fourth-order valence-corrected chi connectivity index (χ4v) is 5.95. The summed E-state index contributed by atoms with van der Waals surface area (Å²) < 4.78 is 17.2. The Bertz CT molecular complexity index is 1170. The molecule has 6 nitrogen and oxygen atoms in total. The van der Waals surface area contributed by atoms with E-state index in [1.165, 1.54) is 11.1 Å². The predicted molar refractivity (Wildman–Crippen MR) is 139 cm³/mol. The number of fused-ring (bicyclic) bond motifs is 2. The minimum absolute atomic E-state index is 0.0274. The second-order valence-corrected chi connectivity index (χ2v) is 9.67. The first-order chi connectivity index (χ1) is 17.6. The lowest BCUT2D eigenvalue weighted by Crippen LogP contribution is -2.50. The SMILES string of the molecule is COc1cccc(CN2CCC3(CC2)c2ccccc2[C@@H](NC(=O)COc2ccccc2)[C@@H]3OC)c1. The Kier molecular flexibility index (Phi) is 7.25. The van der Waals surface area contributed by atoms with E-state index >= 15 is 0 Å². The molecule has 0 aromatic heterocycles. The number of methoxy groups -OCH3 is 2. The Morgan fingerprint density at radius 1 is 0.944 bits per heavy atom. The van der Waals surface area contributed by atoms with Gasteiger partial charge in [0.1, 0.15) is 11.5 Å². The van der Waals surface area contributed by atoms with Gasteiger partial charge in [-0.1, -0.05) is 54.6 Å². The van der Waals surface area contributed by atoms with E-state index in [-0.39, 0.29) is 30.1 Å². The zero-order valence-corrected chi connectivity index (χ0v) is 21.0. The van der Waals surface area contributed by atoms with E-state index in [1.807, 2.05) is 48.5 Å². The first-order valence-electron chi connectivity index (χ1n) is 12.6. The second-order valence-electron chi connectivity index (χ2n) is 9.67. The Labute approximate surface area is 213 Å². The van der Waals surface area contributed by atoms with E-state index in [0.29, 0.717) is 5.75 Å². The van der Waals surface area contributed by atoms with Gasteiger partial charge in [-0.15, -0.1) is 0 Å². The first kappa shape index (κ1) is 24.3. The van der Waals surface area contributed by atoms with Crippen molar-refractivity contribution in [1.82, 2.24) is 10.2 Å². The number of hydrogen-bond acceptors (Lipinski definition) is 5. The van der Waals surface area contributed by atoms with Gasteiger partial charge < -0.3 is 19.5 Å². The van der Waals surface area contributed by atoms with Crippen molar-refractivity contribution < 1.29 is 19.0 Å². The number of amides is 1. The summed E-state index contributed by atoms with van der Waals surface area (Å²) in [6.45, 7) is 2.79. The number of piperidine rings is 1. The molecule has 36 heavy (non-hydrogen) atoms. The first-order valence-corrected chi connectivity index (χ1v) is 12.6. The van der Waals surface area contributed by atoms with Crippen LogP contribution >= 0.6 is 0 Å². The summed E-state index contributed by atoms with van der Waals surface area (Å²) >= 11 is 0. The third-order valence-electron chi connectivity index (χ3n) is 7.65. The van der Waals surface area contributed by atoms with Crippen LogP contribution in [0.2, 0.25) is 0 Å². The van der Waals surface area contributed by atoms with Crippen molar-refractivity contribution in [2.75, 3.05) is 33.9 Å². The molecule has 1 spiro atoms. The number of rotatable bonds is 8. The van der Waals surface area contributed by atoms with E-state index in [9.17, 15) is 4.79 Å². The molecule has 3 aromatic carbocycles. The average Bonchev–Trinajstić information content (AvgIpc) is 3.17. The molecule has 1 aliphatic heterocycles. The zero-order valence-electron chi connectivity index (χ0n) is 21.0. The lowest BCUT2D eigenvalue weighted by atomic mass is 9.72. The van der Waals surface area contributed by atoms with E-state index in [4.69, 9.17) is 14.2 Å². The number of nitrogens with zero attached hydrogens (tertiary/aromatic N) is 1. The number of nitrogens with one attached hydrogen (secondary N) is 1. The van der Waals surface area contributed by atoms with Crippen LogP contribution in [0, 0.1) is 0 Å². The quantitative estimate of drug-likeness (QED) is 0.508. The maximum atomic E-state index is 12.9. The van der Waals surface area contributed by atoms with Crippen LogP contribution < -0.4 is 14.8 Å². The van der Waals surface area contributed by atoms with E-state index < -0.39 is 0 Å². The lowest BCUT2D eigenvalue weighted by Gasteiger charge is -2.44. The van der Waals surface area contributed by atoms with Crippen LogP contribution in [0.25, 0.3) is 0 Å². The summed E-state index contributed by atoms with van der Waals surface area (Å²) in [5.41, 5.74) is 3.57. The molecule has 1 fully saturated rings. The number of hydrogen-bond donors (Lipinski definition) is 1. The second kappa shape index (κ2) is 10.7. The minimum atomic E-state index is -0.206. The number of carbonyl (C=O) groups is 1. The molecule has 1 heterocycles. The fraction of sp³-hybridized carbons (Fsp3) is 0.367. The monoisotopic (exact) mass is 486 g/mol. The number of carbonyl (C=O) groups excluding carboxylic acids is 1. The van der Waals surface area contributed by atoms with Gasteiger partial charge in [0.25, 0.3) is 5.91 Å². The standard InChI is InChI=1S/C30H34N2O4/c1-34-24-12-8-9-22(19-24)20-32-17-15-30(16-18-32)26-14-7-6-13-25(26)28(29(30)35-2)31-27(33)21-36-23-10-4-3-5-11-23/h3-14,19,28-29H,15-18,20-21H2,1-2H3,(H,31,33)/t28-,29+/m1/s1. The van der Waals surface area contributed by atoms with Gasteiger partial charge in [0.2, 0.25) is 0 Å². The summed E-state index contributed by atoms with van der Waals surface area (Å²) in [5, 5.41) is 3.23. The van der Waals surface area contributed by atoms with Gasteiger partial charge in [0.05, 0.1) is 19.3 Å². The third-order valence-corrected chi connectivity index (χ3v) is 7.65. The molecule has 1 aliphatic carbocycles. The highest BCUT2D eigenvalue weighted by atomic mass is 16.5. The van der Waals surface area contributed by atoms with Crippen molar-refractivity contribution in [3.63, 3.8) is 0 Å². The van der Waals surface area contributed by atoms with Gasteiger partial charge in [0, 0.05) is 19.1 Å². The molecule has 0 bridgehead atoms. The minimum Gasteiger partial charge on any atom is -0.497 e. The summed E-state index contributed by atoms with van der Waals surface area (Å²) in [7, 11) is 3.47. The van der Waals surface area contributed by atoms with E-state index in [1.54, 1.807) is 14.2 Å². The van der Waals surface area contributed by atoms with Gasteiger partial charge in [0.15, 0.2) is 6.61 Å². The van der Waals surface area contributed by atoms with Crippen molar-refractivity contribution in [2.24, 2.45) is 0 Å². The van der Waals surface area contributed by atoms with E-state index in [2.05, 4.69) is 40.5 Å². The van der Waals surface area contributed by atoms with Gasteiger partial charge in [-0.25, -0.2) is 0 Å². The normalized spacial score (nSPS) is 20.6. The average molecular weight is 487 g/mol. The molecule has 1 N–H and O–H groups in total. The number of benzene rings is 3. The molecule has 6 heteroatoms. The van der Waals surface area contributed by atoms with Crippen LogP contribution in [0.15, 0.2) is 78.9 Å². The van der Waals surface area contributed by atoms with Crippen LogP contribution in [0.4, 0.5) is 0 Å².